The third-order valence-electron chi connectivity index (χ3n) is 1.62. The zero-order chi connectivity index (χ0) is 10.6. The van der Waals surface area contributed by atoms with Gasteiger partial charge in [0.05, 0.1) is 18.4 Å². The van der Waals surface area contributed by atoms with Crippen LogP contribution in [-0.2, 0) is 0 Å². The molecule has 0 aliphatic carbocycles. The lowest BCUT2D eigenvalue weighted by atomic mass is 10.2. The van der Waals surface area contributed by atoms with Gasteiger partial charge in [0.25, 0.3) is 0 Å². The molecule has 2 N–H and O–H groups in total. The lowest BCUT2D eigenvalue weighted by Gasteiger charge is -2.11. The molecule has 0 amide bonds. The van der Waals surface area contributed by atoms with E-state index in [0.717, 1.165) is 5.56 Å². The third-order valence-corrected chi connectivity index (χ3v) is 1.84. The van der Waals surface area contributed by atoms with Crippen molar-refractivity contribution < 1.29 is 4.74 Å². The number of rotatable bonds is 4. The summed E-state index contributed by atoms with van der Waals surface area (Å²) in [7, 11) is 0. The molecule has 1 heterocycles. The van der Waals surface area contributed by atoms with Gasteiger partial charge in [-0.25, -0.2) is 0 Å². The summed E-state index contributed by atoms with van der Waals surface area (Å²) in [5.74, 6) is 1.13. The quantitative estimate of drug-likeness (QED) is 0.769. The maximum atomic E-state index is 5.54. The molecule has 3 nitrogen and oxygen atoms in total. The normalized spacial score (nSPS) is 10.2. The number of aromatic nitrogens is 1. The molecule has 0 aliphatic rings. The van der Waals surface area contributed by atoms with Crippen LogP contribution in [0.25, 0.3) is 0 Å². The van der Waals surface area contributed by atoms with Crippen molar-refractivity contribution in [2.24, 2.45) is 11.7 Å². The smallest absolute Gasteiger partial charge is 0.147 e. The first-order chi connectivity index (χ1) is 6.61. The Bertz CT molecular complexity index is 326. The fourth-order valence-corrected chi connectivity index (χ4v) is 1.12. The zero-order valence-electron chi connectivity index (χ0n) is 8.36. The topological polar surface area (TPSA) is 48.1 Å². The summed E-state index contributed by atoms with van der Waals surface area (Å²) in [5, 5.41) is 0. The Hall–Kier alpha value is -1.16. The molecule has 0 bridgehead atoms. The standard InChI is InChI=1S/C10H14N2OS/c1-7(2)6-13-9-5-12-4-3-8(9)10(11)14/h3-5,7H,6H2,1-2H3,(H2,11,14). The Morgan fingerprint density at radius 1 is 1.64 bits per heavy atom. The highest BCUT2D eigenvalue weighted by atomic mass is 32.1. The maximum Gasteiger partial charge on any atom is 0.147 e. The molecular weight excluding hydrogens is 196 g/mol. The van der Waals surface area contributed by atoms with Gasteiger partial charge >= 0.3 is 0 Å². The van der Waals surface area contributed by atoms with Crippen molar-refractivity contribution in [2.45, 2.75) is 13.8 Å². The number of pyridine rings is 1. The van der Waals surface area contributed by atoms with Crippen LogP contribution in [0.5, 0.6) is 5.75 Å². The molecule has 0 unspecified atom stereocenters. The van der Waals surface area contributed by atoms with Gasteiger partial charge in [-0.2, -0.15) is 0 Å². The van der Waals surface area contributed by atoms with E-state index in [0.29, 0.717) is 23.3 Å². The van der Waals surface area contributed by atoms with Crippen LogP contribution in [0.2, 0.25) is 0 Å². The molecule has 0 saturated heterocycles. The highest BCUT2D eigenvalue weighted by Crippen LogP contribution is 2.16. The Morgan fingerprint density at radius 2 is 2.36 bits per heavy atom. The van der Waals surface area contributed by atoms with Crippen molar-refractivity contribution in [1.82, 2.24) is 4.98 Å². The van der Waals surface area contributed by atoms with Crippen LogP contribution in [0, 0.1) is 5.92 Å². The first kappa shape index (κ1) is 10.9. The van der Waals surface area contributed by atoms with E-state index < -0.39 is 0 Å². The van der Waals surface area contributed by atoms with Gasteiger partial charge in [0.15, 0.2) is 0 Å². The lowest BCUT2D eigenvalue weighted by molar-refractivity contribution is 0.269. The predicted octanol–water partition coefficient (Wildman–Crippen LogP) is 1.75. The van der Waals surface area contributed by atoms with Gasteiger partial charge in [0.2, 0.25) is 0 Å². The van der Waals surface area contributed by atoms with E-state index in [-0.39, 0.29) is 0 Å². The van der Waals surface area contributed by atoms with Crippen molar-refractivity contribution in [3.8, 4) is 5.75 Å². The van der Waals surface area contributed by atoms with Crippen LogP contribution in [0.3, 0.4) is 0 Å². The lowest BCUT2D eigenvalue weighted by Crippen LogP contribution is -2.13. The minimum atomic E-state index is 0.339. The maximum absolute atomic E-state index is 5.54. The second kappa shape index (κ2) is 4.91. The second-order valence-electron chi connectivity index (χ2n) is 3.44. The van der Waals surface area contributed by atoms with Crippen LogP contribution in [0.15, 0.2) is 18.5 Å². The van der Waals surface area contributed by atoms with Crippen LogP contribution in [0.4, 0.5) is 0 Å². The monoisotopic (exact) mass is 210 g/mol. The average Bonchev–Trinajstić information content (AvgIpc) is 2.15. The van der Waals surface area contributed by atoms with Gasteiger partial charge in [-0.1, -0.05) is 26.1 Å². The van der Waals surface area contributed by atoms with Crippen molar-refractivity contribution >= 4 is 17.2 Å². The summed E-state index contributed by atoms with van der Waals surface area (Å²) in [6.07, 6.45) is 3.29. The molecule has 1 rings (SSSR count). The minimum Gasteiger partial charge on any atom is -0.491 e. The van der Waals surface area contributed by atoms with E-state index in [9.17, 15) is 0 Å². The van der Waals surface area contributed by atoms with E-state index >= 15 is 0 Å². The molecule has 1 aromatic rings. The number of hydrogen-bond donors (Lipinski definition) is 1. The number of hydrogen-bond acceptors (Lipinski definition) is 3. The highest BCUT2D eigenvalue weighted by Gasteiger charge is 2.06. The highest BCUT2D eigenvalue weighted by molar-refractivity contribution is 7.80. The molecule has 1 aromatic heterocycles. The number of nitrogens with two attached hydrogens (primary N) is 1. The molecule has 0 aromatic carbocycles. The second-order valence-corrected chi connectivity index (χ2v) is 3.88. The van der Waals surface area contributed by atoms with Crippen molar-refractivity contribution in [1.29, 1.82) is 0 Å². The van der Waals surface area contributed by atoms with Crippen LogP contribution in [-0.4, -0.2) is 16.6 Å². The van der Waals surface area contributed by atoms with Crippen LogP contribution in [0.1, 0.15) is 19.4 Å². The van der Waals surface area contributed by atoms with E-state index in [4.69, 9.17) is 22.7 Å². The first-order valence-corrected chi connectivity index (χ1v) is 4.88. The zero-order valence-corrected chi connectivity index (χ0v) is 9.17. The summed E-state index contributed by atoms with van der Waals surface area (Å²) in [6, 6.07) is 1.76. The number of ether oxygens (including phenoxy) is 1. The van der Waals surface area contributed by atoms with Crippen LogP contribution < -0.4 is 10.5 Å². The van der Waals surface area contributed by atoms with Crippen molar-refractivity contribution in [3.63, 3.8) is 0 Å². The molecule has 0 atom stereocenters. The van der Waals surface area contributed by atoms with Crippen LogP contribution >= 0.6 is 12.2 Å². The van der Waals surface area contributed by atoms with Gasteiger partial charge in [0.1, 0.15) is 10.7 Å². The summed E-state index contributed by atoms with van der Waals surface area (Å²) in [6.45, 7) is 4.80. The molecule has 0 fully saturated rings. The van der Waals surface area contributed by atoms with Gasteiger partial charge in [-0.3, -0.25) is 4.98 Å². The van der Waals surface area contributed by atoms with Crippen molar-refractivity contribution in [2.75, 3.05) is 6.61 Å². The minimum absolute atomic E-state index is 0.339. The summed E-state index contributed by atoms with van der Waals surface area (Å²) in [5.41, 5.74) is 6.29. The Labute approximate surface area is 89.3 Å². The van der Waals surface area contributed by atoms with Crippen molar-refractivity contribution in [3.05, 3.63) is 24.0 Å². The van der Waals surface area contributed by atoms with E-state index in [1.165, 1.54) is 0 Å². The third kappa shape index (κ3) is 2.96. The molecular formula is C10H14N2OS. The molecule has 0 saturated carbocycles. The molecule has 76 valence electrons. The predicted molar refractivity (Wildman–Crippen MR) is 60.5 cm³/mol. The van der Waals surface area contributed by atoms with Gasteiger partial charge in [-0.15, -0.1) is 0 Å². The Balaban J connectivity index is 2.79. The Kier molecular flexibility index (Phi) is 3.83. The summed E-state index contributed by atoms with van der Waals surface area (Å²) < 4.78 is 5.53. The molecule has 14 heavy (non-hydrogen) atoms. The fraction of sp³-hybridized carbons (Fsp3) is 0.400. The van der Waals surface area contributed by atoms with Gasteiger partial charge in [-0.05, 0) is 12.0 Å². The summed E-state index contributed by atoms with van der Waals surface area (Å²) in [4.78, 5) is 4.30. The average molecular weight is 210 g/mol. The van der Waals surface area contributed by atoms with Gasteiger partial charge < -0.3 is 10.5 Å². The number of nitrogens with zero attached hydrogens (tertiary/aromatic N) is 1. The SMILES string of the molecule is CC(C)COc1cnccc1C(N)=S. The largest absolute Gasteiger partial charge is 0.491 e. The fourth-order valence-electron chi connectivity index (χ4n) is 0.955. The summed E-state index contributed by atoms with van der Waals surface area (Å²) >= 11 is 4.90. The first-order valence-electron chi connectivity index (χ1n) is 4.48. The van der Waals surface area contributed by atoms with E-state index in [2.05, 4.69) is 18.8 Å². The molecule has 0 radical (unpaired) electrons. The molecule has 0 spiro atoms. The number of thiocarbonyl (C=S) groups is 1. The Morgan fingerprint density at radius 3 is 2.93 bits per heavy atom. The van der Waals surface area contributed by atoms with Gasteiger partial charge in [0, 0.05) is 6.20 Å². The molecule has 0 aliphatic heterocycles. The van der Waals surface area contributed by atoms with E-state index in [1.54, 1.807) is 18.5 Å². The van der Waals surface area contributed by atoms with E-state index in [1.807, 2.05) is 0 Å². The molecule has 4 heteroatoms.